The molecule has 0 saturated heterocycles. The van der Waals surface area contributed by atoms with Crippen LogP contribution >= 0.6 is 11.3 Å². The molecule has 9 heteroatoms. The molecule has 0 aliphatic carbocycles. The topological polar surface area (TPSA) is 97.5 Å². The van der Waals surface area contributed by atoms with Crippen molar-refractivity contribution in [1.29, 1.82) is 0 Å². The second-order valence-corrected chi connectivity index (χ2v) is 8.41. The van der Waals surface area contributed by atoms with Gasteiger partial charge in [0, 0.05) is 49.6 Å². The molecule has 2 N–H and O–H groups in total. The molecule has 166 valence electrons. The molecule has 2 aromatic heterocycles. The Morgan fingerprint density at radius 1 is 1.10 bits per heavy atom. The molecule has 3 rings (SSSR count). The van der Waals surface area contributed by atoms with Gasteiger partial charge < -0.3 is 19.9 Å². The van der Waals surface area contributed by atoms with Crippen molar-refractivity contribution in [2.45, 2.75) is 39.0 Å². The number of unbranched alkanes of at least 4 members (excludes halogenated alkanes) is 2. The number of hydrogen-bond donors (Lipinski definition) is 2. The van der Waals surface area contributed by atoms with E-state index in [4.69, 9.17) is 9.26 Å². The molecule has 0 spiro atoms. The average molecular weight is 443 g/mol. The molecule has 3 aromatic rings. The summed E-state index contributed by atoms with van der Waals surface area (Å²) in [6.45, 7) is 3.77. The van der Waals surface area contributed by atoms with Crippen LogP contribution in [0.4, 0.5) is 0 Å². The molecule has 0 saturated carbocycles. The number of nitrogens with one attached hydrogen (secondary N) is 2. The Bertz CT molecular complexity index is 951. The largest absolute Gasteiger partial charge is 0.497 e. The van der Waals surface area contributed by atoms with Crippen molar-refractivity contribution in [3.63, 3.8) is 0 Å². The third-order valence-corrected chi connectivity index (χ3v) is 5.67. The van der Waals surface area contributed by atoms with E-state index in [9.17, 15) is 0 Å². The van der Waals surface area contributed by atoms with Crippen LogP contribution in [0.1, 0.15) is 35.0 Å². The van der Waals surface area contributed by atoms with E-state index in [1.807, 2.05) is 30.5 Å². The normalized spacial score (nSPS) is 11.5. The van der Waals surface area contributed by atoms with Crippen LogP contribution in [0, 0.1) is 6.92 Å². The standard InChI is InChI=1S/C22H30N6O2S/c1-16-15-26-20(31-16)12-14-25-22(23-2)24-13-6-4-5-7-19-27-21(28-30-19)17-8-10-18(29-3)11-9-17/h8-11,15H,4-7,12-14H2,1-3H3,(H2,23,24,25). The van der Waals surface area contributed by atoms with E-state index >= 15 is 0 Å². The Labute approximate surface area is 187 Å². The van der Waals surface area contributed by atoms with Crippen molar-refractivity contribution in [3.8, 4) is 17.1 Å². The Morgan fingerprint density at radius 3 is 2.61 bits per heavy atom. The minimum atomic E-state index is 0.613. The summed E-state index contributed by atoms with van der Waals surface area (Å²) >= 11 is 1.74. The summed E-state index contributed by atoms with van der Waals surface area (Å²) in [5.41, 5.74) is 0.920. The SMILES string of the molecule is CN=C(NCCCCCc1nc(-c2ccc(OC)cc2)no1)NCCc1ncc(C)s1. The lowest BCUT2D eigenvalue weighted by molar-refractivity contribution is 0.374. The number of thiazole rings is 1. The van der Waals surface area contributed by atoms with Crippen LogP contribution in [-0.4, -0.2) is 48.3 Å². The number of aliphatic imine (C=N–C) groups is 1. The van der Waals surface area contributed by atoms with Gasteiger partial charge in [0.25, 0.3) is 0 Å². The predicted molar refractivity (Wildman–Crippen MR) is 124 cm³/mol. The Morgan fingerprint density at radius 2 is 1.90 bits per heavy atom. The van der Waals surface area contributed by atoms with Crippen molar-refractivity contribution >= 4 is 17.3 Å². The molecule has 8 nitrogen and oxygen atoms in total. The number of ether oxygens (including phenoxy) is 1. The maximum Gasteiger partial charge on any atom is 0.226 e. The van der Waals surface area contributed by atoms with Crippen molar-refractivity contribution < 1.29 is 9.26 Å². The molecule has 1 aromatic carbocycles. The molecule has 2 heterocycles. The fraction of sp³-hybridized carbons (Fsp3) is 0.455. The molecule has 0 radical (unpaired) electrons. The number of guanidine groups is 1. The Kier molecular flexibility index (Phi) is 8.84. The zero-order valence-electron chi connectivity index (χ0n) is 18.4. The molecule has 0 bridgehead atoms. The van der Waals surface area contributed by atoms with E-state index in [-0.39, 0.29) is 0 Å². The number of hydrogen-bond acceptors (Lipinski definition) is 7. The lowest BCUT2D eigenvalue weighted by Gasteiger charge is -2.11. The first-order valence-corrected chi connectivity index (χ1v) is 11.3. The summed E-state index contributed by atoms with van der Waals surface area (Å²) in [4.78, 5) is 14.4. The summed E-state index contributed by atoms with van der Waals surface area (Å²) in [5.74, 6) is 2.92. The highest BCUT2D eigenvalue weighted by atomic mass is 32.1. The second kappa shape index (κ2) is 12.0. The van der Waals surface area contributed by atoms with Gasteiger partial charge in [-0.15, -0.1) is 11.3 Å². The van der Waals surface area contributed by atoms with Gasteiger partial charge in [-0.25, -0.2) is 4.98 Å². The van der Waals surface area contributed by atoms with Crippen molar-refractivity contribution in [1.82, 2.24) is 25.8 Å². The van der Waals surface area contributed by atoms with Gasteiger partial charge in [-0.2, -0.15) is 4.98 Å². The van der Waals surface area contributed by atoms with Crippen LogP contribution in [0.3, 0.4) is 0 Å². The quantitative estimate of drug-likeness (QED) is 0.266. The summed E-state index contributed by atoms with van der Waals surface area (Å²) in [6.07, 6.45) is 6.72. The van der Waals surface area contributed by atoms with Crippen molar-refractivity contribution in [2.75, 3.05) is 27.2 Å². The van der Waals surface area contributed by atoms with Crippen LogP contribution < -0.4 is 15.4 Å². The van der Waals surface area contributed by atoms with E-state index in [2.05, 4.69) is 37.7 Å². The first-order valence-electron chi connectivity index (χ1n) is 10.5. The third-order valence-electron chi connectivity index (χ3n) is 4.70. The highest BCUT2D eigenvalue weighted by molar-refractivity contribution is 7.11. The predicted octanol–water partition coefficient (Wildman–Crippen LogP) is 3.63. The number of methoxy groups -OCH3 is 1. The van der Waals surface area contributed by atoms with Crippen LogP contribution in [0.5, 0.6) is 5.75 Å². The van der Waals surface area contributed by atoms with E-state index in [1.165, 1.54) is 4.88 Å². The molecule has 31 heavy (non-hydrogen) atoms. The van der Waals surface area contributed by atoms with Gasteiger partial charge in [-0.1, -0.05) is 11.6 Å². The van der Waals surface area contributed by atoms with Crippen molar-refractivity contribution in [3.05, 3.63) is 46.2 Å². The number of nitrogens with zero attached hydrogens (tertiary/aromatic N) is 4. The smallest absolute Gasteiger partial charge is 0.226 e. The van der Waals surface area contributed by atoms with Gasteiger partial charge in [0.2, 0.25) is 11.7 Å². The van der Waals surface area contributed by atoms with Crippen LogP contribution in [0.15, 0.2) is 40.0 Å². The molecule has 0 aliphatic rings. The van der Waals surface area contributed by atoms with Crippen LogP contribution in [-0.2, 0) is 12.8 Å². The first kappa shape index (κ1) is 22.7. The van der Waals surface area contributed by atoms with E-state index in [0.29, 0.717) is 11.7 Å². The van der Waals surface area contributed by atoms with Gasteiger partial charge >= 0.3 is 0 Å². The van der Waals surface area contributed by atoms with E-state index in [0.717, 1.165) is 67.5 Å². The molecule has 0 fully saturated rings. The molecule has 0 atom stereocenters. The number of aromatic nitrogens is 3. The van der Waals surface area contributed by atoms with Crippen LogP contribution in [0.25, 0.3) is 11.4 Å². The van der Waals surface area contributed by atoms with E-state index in [1.54, 1.807) is 25.5 Å². The number of rotatable bonds is 11. The molecular weight excluding hydrogens is 412 g/mol. The van der Waals surface area contributed by atoms with E-state index < -0.39 is 0 Å². The zero-order chi connectivity index (χ0) is 21.9. The molecular formula is C22H30N6O2S. The molecule has 0 unspecified atom stereocenters. The minimum Gasteiger partial charge on any atom is -0.497 e. The monoisotopic (exact) mass is 442 g/mol. The third kappa shape index (κ3) is 7.36. The summed E-state index contributed by atoms with van der Waals surface area (Å²) in [7, 11) is 3.44. The van der Waals surface area contributed by atoms with Crippen LogP contribution in [0.2, 0.25) is 0 Å². The maximum atomic E-state index is 5.38. The number of aryl methyl sites for hydroxylation is 2. The van der Waals surface area contributed by atoms with Gasteiger partial charge in [-0.3, -0.25) is 4.99 Å². The summed E-state index contributed by atoms with van der Waals surface area (Å²) in [5, 5.41) is 11.9. The molecule has 0 aliphatic heterocycles. The average Bonchev–Trinajstić information content (AvgIpc) is 3.44. The first-order chi connectivity index (χ1) is 15.2. The lowest BCUT2D eigenvalue weighted by Crippen LogP contribution is -2.38. The highest BCUT2D eigenvalue weighted by Crippen LogP contribution is 2.20. The number of benzene rings is 1. The zero-order valence-corrected chi connectivity index (χ0v) is 19.2. The summed E-state index contributed by atoms with van der Waals surface area (Å²) < 4.78 is 10.6. The van der Waals surface area contributed by atoms with Gasteiger partial charge in [-0.05, 0) is 44.0 Å². The Balaban J connectivity index is 1.28. The van der Waals surface area contributed by atoms with Crippen molar-refractivity contribution in [2.24, 2.45) is 4.99 Å². The lowest BCUT2D eigenvalue weighted by atomic mass is 10.2. The minimum absolute atomic E-state index is 0.613. The molecule has 0 amide bonds. The fourth-order valence-electron chi connectivity index (χ4n) is 3.02. The highest BCUT2D eigenvalue weighted by Gasteiger charge is 2.08. The van der Waals surface area contributed by atoms with Gasteiger partial charge in [0.15, 0.2) is 5.96 Å². The summed E-state index contributed by atoms with van der Waals surface area (Å²) in [6, 6.07) is 7.64. The fourth-order valence-corrected chi connectivity index (χ4v) is 3.81. The van der Waals surface area contributed by atoms with Gasteiger partial charge in [0.05, 0.1) is 12.1 Å². The van der Waals surface area contributed by atoms with Gasteiger partial charge in [0.1, 0.15) is 5.75 Å². The maximum absolute atomic E-state index is 5.38. The second-order valence-electron chi connectivity index (χ2n) is 7.09. The Hall–Kier alpha value is -2.94.